The molecule has 1 fully saturated rings. The molecule has 0 aliphatic carbocycles. The van der Waals surface area contributed by atoms with E-state index in [4.69, 9.17) is 14.3 Å². The summed E-state index contributed by atoms with van der Waals surface area (Å²) in [5, 5.41) is 12.0. The van der Waals surface area contributed by atoms with Gasteiger partial charge in [-0.1, -0.05) is 18.2 Å². The van der Waals surface area contributed by atoms with Crippen LogP contribution in [0.4, 0.5) is 11.6 Å². The molecule has 1 aliphatic rings. The molecule has 1 saturated heterocycles. The molecule has 0 amide bonds. The van der Waals surface area contributed by atoms with E-state index in [0.29, 0.717) is 24.7 Å². The zero-order valence-electron chi connectivity index (χ0n) is 22.7. The predicted octanol–water partition coefficient (Wildman–Crippen LogP) is 4.73. The van der Waals surface area contributed by atoms with Crippen LogP contribution in [0, 0.1) is 20.8 Å². The fourth-order valence-electron chi connectivity index (χ4n) is 4.66. The van der Waals surface area contributed by atoms with Gasteiger partial charge in [0.1, 0.15) is 12.1 Å². The molecule has 2 aromatic heterocycles. The van der Waals surface area contributed by atoms with E-state index in [1.165, 1.54) is 29.5 Å². The lowest BCUT2D eigenvalue weighted by Gasteiger charge is -2.15. The molecule has 0 radical (unpaired) electrons. The Morgan fingerprint density at radius 1 is 1.00 bits per heavy atom. The quantitative estimate of drug-likeness (QED) is 0.311. The van der Waals surface area contributed by atoms with Gasteiger partial charge in [0.05, 0.1) is 11.8 Å². The normalized spacial score (nSPS) is 13.7. The standard InChI is InChI=1S/C27H30N6O.CH4O3S/c1-18-7-6-8-19(2)25(18)21-15-20(3)26-23(16-21)31-32-27(30-26)29-22-9-10-28-24(17-22)34-14-13-33-11-4-5-12-33;1-5(2,3)4/h6-10,15-17H,4-5,11-14H2,1-3H3,(H,28,29,30,32);1H3,(H,2,3,4). The Bertz CT molecular complexity index is 1530. The number of nitrogens with one attached hydrogen (secondary N) is 1. The first-order chi connectivity index (χ1) is 18.6. The Morgan fingerprint density at radius 3 is 2.38 bits per heavy atom. The van der Waals surface area contributed by atoms with Crippen LogP contribution in [0.15, 0.2) is 48.7 Å². The van der Waals surface area contributed by atoms with Gasteiger partial charge in [-0.25, -0.2) is 9.97 Å². The maximum Gasteiger partial charge on any atom is 0.261 e. The summed E-state index contributed by atoms with van der Waals surface area (Å²) >= 11 is 0. The van der Waals surface area contributed by atoms with Crippen molar-refractivity contribution in [2.24, 2.45) is 0 Å². The molecule has 1 aliphatic heterocycles. The highest BCUT2D eigenvalue weighted by Gasteiger charge is 2.13. The predicted molar refractivity (Wildman–Crippen MR) is 153 cm³/mol. The molecule has 206 valence electrons. The monoisotopic (exact) mass is 550 g/mol. The summed E-state index contributed by atoms with van der Waals surface area (Å²) in [5.41, 5.74) is 8.37. The van der Waals surface area contributed by atoms with Crippen LogP contribution >= 0.6 is 0 Å². The number of hydrogen-bond acceptors (Lipinski definition) is 9. The van der Waals surface area contributed by atoms with Crippen molar-refractivity contribution in [1.82, 2.24) is 25.1 Å². The second-order valence-electron chi connectivity index (χ2n) is 9.70. The van der Waals surface area contributed by atoms with Crippen molar-refractivity contribution in [3.05, 3.63) is 65.4 Å². The second kappa shape index (κ2) is 12.5. The highest BCUT2D eigenvalue weighted by Crippen LogP contribution is 2.31. The number of aromatic nitrogens is 4. The number of nitrogens with zero attached hydrogens (tertiary/aromatic N) is 5. The maximum atomic E-state index is 9.19. The third kappa shape index (κ3) is 8.16. The molecule has 0 atom stereocenters. The molecule has 5 rings (SSSR count). The Labute approximate surface area is 229 Å². The molecular weight excluding hydrogens is 516 g/mol. The molecule has 0 unspecified atom stereocenters. The molecule has 4 aromatic rings. The number of benzene rings is 2. The van der Waals surface area contributed by atoms with Gasteiger partial charge in [-0.05, 0) is 92.7 Å². The van der Waals surface area contributed by atoms with Crippen molar-refractivity contribution in [3.63, 3.8) is 0 Å². The minimum atomic E-state index is -3.67. The molecule has 2 N–H and O–H groups in total. The van der Waals surface area contributed by atoms with Gasteiger partial charge in [0, 0.05) is 24.5 Å². The fraction of sp³-hybridized carbons (Fsp3) is 0.357. The molecule has 11 heteroatoms. The van der Waals surface area contributed by atoms with E-state index in [2.05, 4.69) is 76.5 Å². The van der Waals surface area contributed by atoms with Crippen LogP contribution in [0.1, 0.15) is 29.5 Å². The third-order valence-corrected chi connectivity index (χ3v) is 6.37. The lowest BCUT2D eigenvalue weighted by atomic mass is 9.94. The minimum Gasteiger partial charge on any atom is -0.476 e. The number of likely N-dealkylation sites (tertiary alicyclic amines) is 1. The van der Waals surface area contributed by atoms with Crippen LogP contribution < -0.4 is 10.1 Å². The number of ether oxygens (including phenoxy) is 1. The summed E-state index contributed by atoms with van der Waals surface area (Å²) < 4.78 is 31.7. The Kier molecular flexibility index (Phi) is 9.05. The summed E-state index contributed by atoms with van der Waals surface area (Å²) in [6.07, 6.45) is 5.00. The molecule has 0 spiro atoms. The van der Waals surface area contributed by atoms with Crippen molar-refractivity contribution in [2.75, 3.05) is 37.8 Å². The van der Waals surface area contributed by atoms with Crippen molar-refractivity contribution < 1.29 is 17.7 Å². The highest BCUT2D eigenvalue weighted by molar-refractivity contribution is 7.85. The molecule has 39 heavy (non-hydrogen) atoms. The van der Waals surface area contributed by atoms with E-state index in [-0.39, 0.29) is 0 Å². The highest BCUT2D eigenvalue weighted by atomic mass is 32.2. The van der Waals surface area contributed by atoms with Gasteiger partial charge in [0.25, 0.3) is 10.1 Å². The maximum absolute atomic E-state index is 9.19. The molecule has 3 heterocycles. The van der Waals surface area contributed by atoms with Gasteiger partial charge in [0.2, 0.25) is 11.8 Å². The Balaban J connectivity index is 0.000000648. The summed E-state index contributed by atoms with van der Waals surface area (Å²) in [6.45, 7) is 10.2. The van der Waals surface area contributed by atoms with Gasteiger partial charge < -0.3 is 10.1 Å². The lowest BCUT2D eigenvalue weighted by Crippen LogP contribution is -2.25. The molecule has 0 saturated carbocycles. The molecule has 0 bridgehead atoms. The van der Waals surface area contributed by atoms with Crippen molar-refractivity contribution >= 4 is 32.8 Å². The van der Waals surface area contributed by atoms with E-state index >= 15 is 0 Å². The van der Waals surface area contributed by atoms with Crippen molar-refractivity contribution in [3.8, 4) is 17.0 Å². The first-order valence-electron chi connectivity index (χ1n) is 12.8. The summed E-state index contributed by atoms with van der Waals surface area (Å²) in [4.78, 5) is 11.5. The van der Waals surface area contributed by atoms with E-state index < -0.39 is 10.1 Å². The van der Waals surface area contributed by atoms with Gasteiger partial charge in [-0.2, -0.15) is 8.42 Å². The van der Waals surface area contributed by atoms with E-state index in [0.717, 1.165) is 47.5 Å². The largest absolute Gasteiger partial charge is 0.476 e. The van der Waals surface area contributed by atoms with E-state index in [1.807, 2.05) is 12.1 Å². The Hall–Kier alpha value is -3.67. The summed E-state index contributed by atoms with van der Waals surface area (Å²) in [5.74, 6) is 1.04. The van der Waals surface area contributed by atoms with Crippen LogP contribution in [0.25, 0.3) is 22.2 Å². The van der Waals surface area contributed by atoms with Gasteiger partial charge in [-0.15, -0.1) is 10.2 Å². The van der Waals surface area contributed by atoms with Crippen molar-refractivity contribution in [2.45, 2.75) is 33.6 Å². The van der Waals surface area contributed by atoms with E-state index in [9.17, 15) is 8.42 Å². The van der Waals surface area contributed by atoms with Gasteiger partial charge in [-0.3, -0.25) is 9.45 Å². The molecular formula is C28H34N6O4S. The van der Waals surface area contributed by atoms with Crippen molar-refractivity contribution in [1.29, 1.82) is 0 Å². The lowest BCUT2D eigenvalue weighted by molar-refractivity contribution is 0.232. The van der Waals surface area contributed by atoms with Crippen LogP contribution in [-0.4, -0.2) is 70.5 Å². The van der Waals surface area contributed by atoms with Crippen LogP contribution in [0.5, 0.6) is 5.88 Å². The topological polar surface area (TPSA) is 130 Å². The SMILES string of the molecule is CS(=O)(=O)O.Cc1cccc(C)c1-c1cc(C)c2nc(Nc3ccnc(OCCN4CCCC4)c3)nnc2c1. The van der Waals surface area contributed by atoms with E-state index in [1.54, 1.807) is 6.20 Å². The first kappa shape index (κ1) is 28.3. The smallest absolute Gasteiger partial charge is 0.261 e. The number of rotatable bonds is 7. The molecule has 2 aromatic carbocycles. The summed E-state index contributed by atoms with van der Waals surface area (Å²) in [7, 11) is -3.67. The third-order valence-electron chi connectivity index (χ3n) is 6.37. The Morgan fingerprint density at radius 2 is 1.69 bits per heavy atom. The number of hydrogen-bond donors (Lipinski definition) is 2. The summed E-state index contributed by atoms with van der Waals surface area (Å²) in [6, 6.07) is 14.3. The average molecular weight is 551 g/mol. The van der Waals surface area contributed by atoms with Gasteiger partial charge >= 0.3 is 0 Å². The number of aryl methyl sites for hydroxylation is 3. The second-order valence-corrected chi connectivity index (χ2v) is 11.2. The zero-order chi connectivity index (χ0) is 28.0. The molecule has 10 nitrogen and oxygen atoms in total. The number of pyridine rings is 1. The average Bonchev–Trinajstić information content (AvgIpc) is 3.37. The zero-order valence-corrected chi connectivity index (χ0v) is 23.5. The fourth-order valence-corrected chi connectivity index (χ4v) is 4.66. The number of anilines is 2. The van der Waals surface area contributed by atoms with Crippen LogP contribution in [-0.2, 0) is 10.1 Å². The van der Waals surface area contributed by atoms with Crippen LogP contribution in [0.3, 0.4) is 0 Å². The number of fused-ring (bicyclic) bond motifs is 1. The van der Waals surface area contributed by atoms with Crippen LogP contribution in [0.2, 0.25) is 0 Å². The van der Waals surface area contributed by atoms with Gasteiger partial charge in [0.15, 0.2) is 0 Å². The minimum absolute atomic E-state index is 0.449. The first-order valence-corrected chi connectivity index (χ1v) is 14.6.